The van der Waals surface area contributed by atoms with Gasteiger partial charge in [-0.2, -0.15) is 0 Å². The minimum Gasteiger partial charge on any atom is -0.368 e. The molecule has 0 unspecified atom stereocenters. The fraction of sp³-hybridized carbons (Fsp3) is 0.286. The van der Waals surface area contributed by atoms with Crippen LogP contribution in [0.1, 0.15) is 28.9 Å². The second-order valence-electron chi connectivity index (χ2n) is 6.95. The number of hydrogen-bond acceptors (Lipinski definition) is 4. The summed E-state index contributed by atoms with van der Waals surface area (Å²) in [7, 11) is 0. The molecule has 0 saturated carbocycles. The zero-order valence-corrected chi connectivity index (χ0v) is 16.9. The van der Waals surface area contributed by atoms with Crippen LogP contribution < -0.4 is 11.1 Å². The van der Waals surface area contributed by atoms with Crippen LogP contribution in [0.3, 0.4) is 0 Å². The van der Waals surface area contributed by atoms with Gasteiger partial charge in [-0.15, -0.1) is 0 Å². The van der Waals surface area contributed by atoms with E-state index in [2.05, 4.69) is 5.32 Å². The van der Waals surface area contributed by atoms with E-state index in [0.29, 0.717) is 42.5 Å². The molecule has 152 valence electrons. The van der Waals surface area contributed by atoms with Crippen molar-refractivity contribution >= 4 is 35.0 Å². The van der Waals surface area contributed by atoms with Gasteiger partial charge in [0.1, 0.15) is 6.04 Å². The third-order valence-electron chi connectivity index (χ3n) is 4.85. The molecule has 0 aromatic heterocycles. The molecular formula is C21H23ClN4O3. The van der Waals surface area contributed by atoms with E-state index in [0.717, 1.165) is 5.56 Å². The van der Waals surface area contributed by atoms with Crippen LogP contribution in [0.25, 0.3) is 0 Å². The normalized spacial score (nSPS) is 15.6. The molecule has 1 atom stereocenters. The van der Waals surface area contributed by atoms with Crippen molar-refractivity contribution in [3.63, 3.8) is 0 Å². The average Bonchev–Trinajstić information content (AvgIpc) is 2.69. The van der Waals surface area contributed by atoms with Gasteiger partial charge in [0.15, 0.2) is 0 Å². The number of amides is 3. The van der Waals surface area contributed by atoms with E-state index in [9.17, 15) is 14.4 Å². The van der Waals surface area contributed by atoms with E-state index in [4.69, 9.17) is 17.3 Å². The lowest BCUT2D eigenvalue weighted by molar-refractivity contribution is -0.124. The molecule has 0 spiro atoms. The van der Waals surface area contributed by atoms with Gasteiger partial charge in [-0.25, -0.2) is 0 Å². The molecule has 1 aliphatic heterocycles. The molecule has 0 aliphatic carbocycles. The number of halogens is 1. The molecule has 7 nitrogen and oxygen atoms in total. The number of nitrogens with zero attached hydrogens (tertiary/aromatic N) is 2. The Kier molecular flexibility index (Phi) is 6.51. The smallest absolute Gasteiger partial charge is 0.254 e. The van der Waals surface area contributed by atoms with Crippen LogP contribution in [0.4, 0.5) is 5.69 Å². The maximum atomic E-state index is 12.8. The van der Waals surface area contributed by atoms with Gasteiger partial charge in [0.2, 0.25) is 11.8 Å². The number of anilines is 1. The predicted molar refractivity (Wildman–Crippen MR) is 112 cm³/mol. The number of benzene rings is 2. The maximum Gasteiger partial charge on any atom is 0.254 e. The van der Waals surface area contributed by atoms with Crippen molar-refractivity contribution in [1.82, 2.24) is 9.80 Å². The second-order valence-corrected chi connectivity index (χ2v) is 7.38. The Morgan fingerprint density at radius 3 is 2.28 bits per heavy atom. The Bertz CT molecular complexity index is 908. The highest BCUT2D eigenvalue weighted by Gasteiger charge is 2.30. The number of hydrogen-bond donors (Lipinski definition) is 2. The van der Waals surface area contributed by atoms with Crippen molar-refractivity contribution in [2.24, 2.45) is 5.73 Å². The van der Waals surface area contributed by atoms with Crippen LogP contribution in [-0.2, 0) is 9.59 Å². The Hall–Kier alpha value is -2.90. The molecule has 3 amide bonds. The monoisotopic (exact) mass is 414 g/mol. The van der Waals surface area contributed by atoms with Gasteiger partial charge < -0.3 is 16.0 Å². The van der Waals surface area contributed by atoms with Crippen LogP contribution in [0.5, 0.6) is 0 Å². The number of nitrogens with two attached hydrogens (primary N) is 1. The van der Waals surface area contributed by atoms with Crippen molar-refractivity contribution in [3.05, 3.63) is 64.7 Å². The summed E-state index contributed by atoms with van der Waals surface area (Å²) >= 11 is 5.94. The summed E-state index contributed by atoms with van der Waals surface area (Å²) in [5.74, 6) is -0.739. The summed E-state index contributed by atoms with van der Waals surface area (Å²) in [6.45, 7) is 3.41. The molecule has 3 rings (SSSR count). The summed E-state index contributed by atoms with van der Waals surface area (Å²) in [5, 5.41) is 3.27. The van der Waals surface area contributed by atoms with Crippen LogP contribution in [0.2, 0.25) is 5.02 Å². The van der Waals surface area contributed by atoms with Crippen molar-refractivity contribution in [2.75, 3.05) is 31.5 Å². The number of carbonyl (C=O) groups excluding carboxylic acids is 3. The Morgan fingerprint density at radius 1 is 1.03 bits per heavy atom. The summed E-state index contributed by atoms with van der Waals surface area (Å²) in [6, 6.07) is 13.3. The van der Waals surface area contributed by atoms with E-state index in [1.54, 1.807) is 53.4 Å². The van der Waals surface area contributed by atoms with Gasteiger partial charge in [-0.1, -0.05) is 29.8 Å². The van der Waals surface area contributed by atoms with Crippen molar-refractivity contribution < 1.29 is 14.4 Å². The van der Waals surface area contributed by atoms with Crippen LogP contribution in [0, 0.1) is 0 Å². The van der Waals surface area contributed by atoms with Crippen LogP contribution >= 0.6 is 11.6 Å². The van der Waals surface area contributed by atoms with Gasteiger partial charge in [0.05, 0.1) is 0 Å². The molecule has 1 heterocycles. The highest BCUT2D eigenvalue weighted by atomic mass is 35.5. The van der Waals surface area contributed by atoms with Gasteiger partial charge in [0.25, 0.3) is 5.91 Å². The highest BCUT2D eigenvalue weighted by molar-refractivity contribution is 6.30. The molecule has 1 saturated heterocycles. The molecule has 1 aliphatic rings. The van der Waals surface area contributed by atoms with E-state index in [1.807, 2.05) is 4.90 Å². The third kappa shape index (κ3) is 5.13. The third-order valence-corrected chi connectivity index (χ3v) is 5.10. The summed E-state index contributed by atoms with van der Waals surface area (Å²) < 4.78 is 0. The first-order chi connectivity index (χ1) is 13.8. The van der Waals surface area contributed by atoms with E-state index in [-0.39, 0.29) is 11.8 Å². The fourth-order valence-corrected chi connectivity index (χ4v) is 3.63. The lowest BCUT2D eigenvalue weighted by Gasteiger charge is -2.38. The standard InChI is InChI=1S/C21H23ClN4O3/c1-14(27)24-18-4-2-3-16(13-18)21(29)26-11-9-25(10-12-26)19(20(23)28)15-5-7-17(22)8-6-15/h2-8,13,19H,9-12H2,1H3,(H2,23,28)(H,24,27)/t19-/m0/s1. The largest absolute Gasteiger partial charge is 0.368 e. The zero-order valence-electron chi connectivity index (χ0n) is 16.1. The molecule has 2 aromatic rings. The summed E-state index contributed by atoms with van der Waals surface area (Å²) in [4.78, 5) is 39.9. The fourth-order valence-electron chi connectivity index (χ4n) is 3.50. The summed E-state index contributed by atoms with van der Waals surface area (Å²) in [6.07, 6.45) is 0. The minimum atomic E-state index is -0.562. The van der Waals surface area contributed by atoms with Crippen molar-refractivity contribution in [3.8, 4) is 0 Å². The van der Waals surface area contributed by atoms with Crippen LogP contribution in [-0.4, -0.2) is 53.7 Å². The molecular weight excluding hydrogens is 392 g/mol. The van der Waals surface area contributed by atoms with E-state index in [1.165, 1.54) is 6.92 Å². The molecule has 29 heavy (non-hydrogen) atoms. The van der Waals surface area contributed by atoms with E-state index >= 15 is 0 Å². The second kappa shape index (κ2) is 9.07. The lowest BCUT2D eigenvalue weighted by Crippen LogP contribution is -2.51. The van der Waals surface area contributed by atoms with Crippen molar-refractivity contribution in [2.45, 2.75) is 13.0 Å². The maximum absolute atomic E-state index is 12.8. The number of nitrogens with one attached hydrogen (secondary N) is 1. The predicted octanol–water partition coefficient (Wildman–Crippen LogP) is 2.28. The molecule has 0 radical (unpaired) electrons. The quantitative estimate of drug-likeness (QED) is 0.784. The Morgan fingerprint density at radius 2 is 1.69 bits per heavy atom. The highest BCUT2D eigenvalue weighted by Crippen LogP contribution is 2.24. The number of piperazine rings is 1. The summed E-state index contributed by atoms with van der Waals surface area (Å²) in [5.41, 5.74) is 7.52. The topological polar surface area (TPSA) is 95.7 Å². The van der Waals surface area contributed by atoms with Gasteiger partial charge in [-0.05, 0) is 35.9 Å². The lowest BCUT2D eigenvalue weighted by atomic mass is 10.0. The molecule has 0 bridgehead atoms. The van der Waals surface area contributed by atoms with Crippen LogP contribution in [0.15, 0.2) is 48.5 Å². The first kappa shape index (κ1) is 20.8. The van der Waals surface area contributed by atoms with E-state index < -0.39 is 11.9 Å². The van der Waals surface area contributed by atoms with Gasteiger partial charge in [-0.3, -0.25) is 19.3 Å². The number of rotatable bonds is 5. The van der Waals surface area contributed by atoms with Gasteiger partial charge >= 0.3 is 0 Å². The minimum absolute atomic E-state index is 0.112. The average molecular weight is 415 g/mol. The zero-order chi connectivity index (χ0) is 21.0. The van der Waals surface area contributed by atoms with Crippen molar-refractivity contribution in [1.29, 1.82) is 0 Å². The Balaban J connectivity index is 1.67. The first-order valence-electron chi connectivity index (χ1n) is 9.31. The molecule has 1 fully saturated rings. The first-order valence-corrected chi connectivity index (χ1v) is 9.68. The Labute approximate surface area is 174 Å². The number of primary amides is 1. The molecule has 3 N–H and O–H groups in total. The molecule has 8 heteroatoms. The van der Waals surface area contributed by atoms with Gasteiger partial charge in [0, 0.05) is 49.4 Å². The SMILES string of the molecule is CC(=O)Nc1cccc(C(=O)N2CCN([C@H](C(N)=O)c3ccc(Cl)cc3)CC2)c1. The number of carbonyl (C=O) groups is 3. The molecule has 2 aromatic carbocycles.